The Morgan fingerprint density at radius 1 is 1.32 bits per heavy atom. The lowest BCUT2D eigenvalue weighted by atomic mass is 9.87. The van der Waals surface area contributed by atoms with Gasteiger partial charge in [0.15, 0.2) is 0 Å². The molecule has 3 rings (SSSR count). The lowest BCUT2D eigenvalue weighted by molar-refractivity contribution is -0.120. The average Bonchev–Trinajstić information content (AvgIpc) is 3.00. The zero-order valence-corrected chi connectivity index (χ0v) is 15.5. The topological polar surface area (TPSA) is 49.4 Å². The van der Waals surface area contributed by atoms with E-state index in [1.54, 1.807) is 19.0 Å². The maximum atomic E-state index is 13.2. The van der Waals surface area contributed by atoms with Gasteiger partial charge in [-0.15, -0.1) is 11.3 Å². The molecule has 0 bridgehead atoms. The van der Waals surface area contributed by atoms with E-state index in [0.717, 1.165) is 18.4 Å². The summed E-state index contributed by atoms with van der Waals surface area (Å²) in [6.07, 6.45) is 2.11. The highest BCUT2D eigenvalue weighted by Gasteiger charge is 2.28. The van der Waals surface area contributed by atoms with Crippen LogP contribution in [0.2, 0.25) is 5.02 Å². The van der Waals surface area contributed by atoms with E-state index in [1.165, 1.54) is 34.4 Å². The Labute approximate surface area is 154 Å². The zero-order chi connectivity index (χ0) is 18.1. The van der Waals surface area contributed by atoms with Crippen molar-refractivity contribution in [3.05, 3.63) is 50.4 Å². The second kappa shape index (κ2) is 7.14. The SMILES string of the molecule is CN(C)C(=O)c1cc2c(s1)CC[C@@H](C(=O)Nc1ccc(F)c(Cl)c1)C2. The number of thiophene rings is 1. The number of carbonyl (C=O) groups excluding carboxylic acids is 2. The van der Waals surface area contributed by atoms with E-state index in [-0.39, 0.29) is 22.8 Å². The van der Waals surface area contributed by atoms with Crippen molar-refractivity contribution in [3.8, 4) is 0 Å². The lowest BCUT2D eigenvalue weighted by Crippen LogP contribution is -2.27. The molecule has 1 atom stereocenters. The van der Waals surface area contributed by atoms with E-state index >= 15 is 0 Å². The van der Waals surface area contributed by atoms with Crippen LogP contribution in [0.4, 0.5) is 10.1 Å². The second-order valence-corrected chi connectivity index (χ2v) is 7.86. The Morgan fingerprint density at radius 3 is 2.76 bits per heavy atom. The van der Waals surface area contributed by atoms with Gasteiger partial charge in [-0.05, 0) is 49.1 Å². The number of amides is 2. The lowest BCUT2D eigenvalue weighted by Gasteiger charge is -2.21. The fraction of sp³-hybridized carbons (Fsp3) is 0.333. The molecule has 0 fully saturated rings. The highest BCUT2D eigenvalue weighted by molar-refractivity contribution is 7.14. The number of hydrogen-bond acceptors (Lipinski definition) is 3. The van der Waals surface area contributed by atoms with Gasteiger partial charge in [0.05, 0.1) is 9.90 Å². The Balaban J connectivity index is 1.70. The van der Waals surface area contributed by atoms with Crippen LogP contribution < -0.4 is 5.32 Å². The number of nitrogens with zero attached hydrogens (tertiary/aromatic N) is 1. The Morgan fingerprint density at radius 2 is 2.08 bits per heavy atom. The predicted molar refractivity (Wildman–Crippen MR) is 97.9 cm³/mol. The van der Waals surface area contributed by atoms with Crippen molar-refractivity contribution in [2.45, 2.75) is 19.3 Å². The van der Waals surface area contributed by atoms with Gasteiger partial charge in [-0.3, -0.25) is 9.59 Å². The highest BCUT2D eigenvalue weighted by Crippen LogP contribution is 2.33. The maximum Gasteiger partial charge on any atom is 0.263 e. The monoisotopic (exact) mass is 380 g/mol. The molecule has 0 radical (unpaired) electrons. The quantitative estimate of drug-likeness (QED) is 0.875. The van der Waals surface area contributed by atoms with E-state index in [2.05, 4.69) is 5.32 Å². The Hall–Kier alpha value is -1.92. The minimum atomic E-state index is -0.515. The minimum absolute atomic E-state index is 0.0126. The van der Waals surface area contributed by atoms with Gasteiger partial charge in [-0.2, -0.15) is 0 Å². The predicted octanol–water partition coefficient (Wildman–Crippen LogP) is 3.99. The number of carbonyl (C=O) groups is 2. The number of halogens is 2. The molecule has 1 aliphatic rings. The largest absolute Gasteiger partial charge is 0.344 e. The van der Waals surface area contributed by atoms with Crippen molar-refractivity contribution in [3.63, 3.8) is 0 Å². The first kappa shape index (κ1) is 17.9. The molecule has 4 nitrogen and oxygen atoms in total. The molecule has 1 aliphatic carbocycles. The third-order valence-corrected chi connectivity index (χ3v) is 5.77. The van der Waals surface area contributed by atoms with Crippen molar-refractivity contribution in [1.29, 1.82) is 0 Å². The summed E-state index contributed by atoms with van der Waals surface area (Å²) < 4.78 is 13.2. The van der Waals surface area contributed by atoms with E-state index in [4.69, 9.17) is 11.6 Å². The summed E-state index contributed by atoms with van der Waals surface area (Å²) >= 11 is 7.26. The third-order valence-electron chi connectivity index (χ3n) is 4.26. The van der Waals surface area contributed by atoms with Crippen LogP contribution in [0.3, 0.4) is 0 Å². The van der Waals surface area contributed by atoms with Crippen molar-refractivity contribution in [2.75, 3.05) is 19.4 Å². The number of nitrogens with one attached hydrogen (secondary N) is 1. The zero-order valence-electron chi connectivity index (χ0n) is 13.9. The fourth-order valence-electron chi connectivity index (χ4n) is 2.89. The van der Waals surface area contributed by atoms with Crippen molar-refractivity contribution in [2.24, 2.45) is 5.92 Å². The third kappa shape index (κ3) is 3.85. The summed E-state index contributed by atoms with van der Waals surface area (Å²) in [7, 11) is 3.45. The van der Waals surface area contributed by atoms with Crippen LogP contribution in [0, 0.1) is 11.7 Å². The average molecular weight is 381 g/mol. The molecule has 132 valence electrons. The molecule has 1 aromatic carbocycles. The molecule has 2 aromatic rings. The number of aryl methyl sites for hydroxylation is 1. The van der Waals surface area contributed by atoms with Crippen LogP contribution in [0.1, 0.15) is 26.5 Å². The van der Waals surface area contributed by atoms with E-state index in [1.807, 2.05) is 6.07 Å². The molecule has 0 spiro atoms. The molecular formula is C18H18ClFN2O2S. The molecular weight excluding hydrogens is 363 g/mol. The molecule has 0 unspecified atom stereocenters. The summed E-state index contributed by atoms with van der Waals surface area (Å²) in [6.45, 7) is 0. The maximum absolute atomic E-state index is 13.2. The Bertz CT molecular complexity index is 834. The van der Waals surface area contributed by atoms with Gasteiger partial charge in [-0.1, -0.05) is 11.6 Å². The summed E-state index contributed by atoms with van der Waals surface area (Å²) in [5.41, 5.74) is 1.55. The van der Waals surface area contributed by atoms with E-state index < -0.39 is 5.82 Å². The first-order chi connectivity index (χ1) is 11.8. The molecule has 0 saturated carbocycles. The van der Waals surface area contributed by atoms with Gasteiger partial charge in [0.2, 0.25) is 5.91 Å². The first-order valence-electron chi connectivity index (χ1n) is 7.94. The van der Waals surface area contributed by atoms with Crippen LogP contribution in [0.15, 0.2) is 24.3 Å². The molecule has 0 aliphatic heterocycles. The van der Waals surface area contributed by atoms with Crippen LogP contribution in [0.5, 0.6) is 0 Å². The number of benzene rings is 1. The van der Waals surface area contributed by atoms with Crippen molar-refractivity contribution < 1.29 is 14.0 Å². The minimum Gasteiger partial charge on any atom is -0.344 e. The van der Waals surface area contributed by atoms with Crippen LogP contribution >= 0.6 is 22.9 Å². The van der Waals surface area contributed by atoms with Gasteiger partial charge in [0.25, 0.3) is 5.91 Å². The molecule has 0 saturated heterocycles. The van der Waals surface area contributed by atoms with Crippen molar-refractivity contribution >= 4 is 40.4 Å². The van der Waals surface area contributed by atoms with Crippen LogP contribution in [-0.4, -0.2) is 30.8 Å². The normalized spacial score (nSPS) is 16.2. The van der Waals surface area contributed by atoms with Gasteiger partial charge in [0.1, 0.15) is 5.82 Å². The van der Waals surface area contributed by atoms with E-state index in [9.17, 15) is 14.0 Å². The van der Waals surface area contributed by atoms with Crippen LogP contribution in [-0.2, 0) is 17.6 Å². The summed E-state index contributed by atoms with van der Waals surface area (Å²) in [6, 6.07) is 6.03. The summed E-state index contributed by atoms with van der Waals surface area (Å²) in [5, 5.41) is 2.78. The van der Waals surface area contributed by atoms with Gasteiger partial charge < -0.3 is 10.2 Å². The smallest absolute Gasteiger partial charge is 0.263 e. The molecule has 1 aromatic heterocycles. The molecule has 25 heavy (non-hydrogen) atoms. The number of hydrogen-bond donors (Lipinski definition) is 1. The fourth-order valence-corrected chi connectivity index (χ4v) is 4.30. The van der Waals surface area contributed by atoms with Crippen LogP contribution in [0.25, 0.3) is 0 Å². The van der Waals surface area contributed by atoms with E-state index in [0.29, 0.717) is 17.0 Å². The first-order valence-corrected chi connectivity index (χ1v) is 9.13. The highest BCUT2D eigenvalue weighted by atomic mass is 35.5. The molecule has 1 heterocycles. The molecule has 2 amide bonds. The summed E-state index contributed by atoms with van der Waals surface area (Å²) in [5.74, 6) is -0.812. The van der Waals surface area contributed by atoms with Crippen molar-refractivity contribution in [1.82, 2.24) is 4.90 Å². The molecule has 1 N–H and O–H groups in total. The van der Waals surface area contributed by atoms with Gasteiger partial charge in [0, 0.05) is 30.6 Å². The van der Waals surface area contributed by atoms with Gasteiger partial charge in [-0.25, -0.2) is 4.39 Å². The number of fused-ring (bicyclic) bond motifs is 1. The van der Waals surface area contributed by atoms with Gasteiger partial charge >= 0.3 is 0 Å². The number of rotatable bonds is 3. The number of anilines is 1. The summed E-state index contributed by atoms with van der Waals surface area (Å²) in [4.78, 5) is 28.0. The second-order valence-electron chi connectivity index (χ2n) is 6.32. The standard InChI is InChI=1S/C18H18ClFN2O2S/c1-22(2)18(24)16-8-11-7-10(3-6-15(11)25-16)17(23)21-12-4-5-14(20)13(19)9-12/h4-5,8-10H,3,6-7H2,1-2H3,(H,21,23)/t10-/m1/s1. The molecule has 7 heteroatoms. The Kier molecular flexibility index (Phi) is 5.11.